The molecule has 7 nitrogen and oxygen atoms in total. The third kappa shape index (κ3) is 4.23. The number of ether oxygens (including phenoxy) is 1. The number of hydrogen-bond acceptors (Lipinski definition) is 5. The van der Waals surface area contributed by atoms with Crippen LogP contribution in [0.2, 0.25) is 0 Å². The molecule has 1 aliphatic heterocycles. The number of sulfonamides is 1. The molecule has 0 spiro atoms. The highest BCUT2D eigenvalue weighted by Crippen LogP contribution is 2.22. The molecule has 4 rings (SSSR count). The van der Waals surface area contributed by atoms with Crippen LogP contribution >= 0.6 is 11.3 Å². The average Bonchev–Trinajstić information content (AvgIpc) is 3.04. The van der Waals surface area contributed by atoms with E-state index < -0.39 is 15.9 Å². The van der Waals surface area contributed by atoms with Gasteiger partial charge in [-0.2, -0.15) is 9.30 Å². The number of thiazole rings is 1. The van der Waals surface area contributed by atoms with Crippen LogP contribution in [0, 0.1) is 6.92 Å². The summed E-state index contributed by atoms with van der Waals surface area (Å²) in [6.45, 7) is 6.36. The molecule has 1 amide bonds. The summed E-state index contributed by atoms with van der Waals surface area (Å²) in [6.07, 6.45) is -0.326. The van der Waals surface area contributed by atoms with E-state index in [0.717, 1.165) is 15.8 Å². The Bertz CT molecular complexity index is 1300. The van der Waals surface area contributed by atoms with Crippen LogP contribution in [-0.4, -0.2) is 48.5 Å². The van der Waals surface area contributed by atoms with E-state index in [9.17, 15) is 13.2 Å². The lowest BCUT2D eigenvalue weighted by atomic mass is 10.2. The molecule has 31 heavy (non-hydrogen) atoms. The van der Waals surface area contributed by atoms with Gasteiger partial charge < -0.3 is 9.30 Å². The molecule has 0 aliphatic carbocycles. The van der Waals surface area contributed by atoms with Gasteiger partial charge in [-0.15, -0.1) is 0 Å². The first-order valence-corrected chi connectivity index (χ1v) is 12.3. The molecule has 0 saturated carbocycles. The first kappa shape index (κ1) is 21.9. The van der Waals surface area contributed by atoms with Gasteiger partial charge in [0.15, 0.2) is 4.80 Å². The monoisotopic (exact) mass is 459 g/mol. The zero-order valence-corrected chi connectivity index (χ0v) is 19.5. The molecule has 164 valence electrons. The first-order valence-electron chi connectivity index (χ1n) is 10.1. The minimum absolute atomic E-state index is 0.161. The number of nitrogens with zero attached hydrogens (tertiary/aromatic N) is 3. The zero-order chi connectivity index (χ0) is 22.3. The summed E-state index contributed by atoms with van der Waals surface area (Å²) in [7, 11) is -1.76. The summed E-state index contributed by atoms with van der Waals surface area (Å²) >= 11 is 1.45. The van der Waals surface area contributed by atoms with Gasteiger partial charge in [-0.05, 0) is 56.7 Å². The van der Waals surface area contributed by atoms with Crippen LogP contribution in [0.4, 0.5) is 0 Å². The summed E-state index contributed by atoms with van der Waals surface area (Å²) in [5.41, 5.74) is 2.51. The van der Waals surface area contributed by atoms with Crippen molar-refractivity contribution in [1.29, 1.82) is 0 Å². The number of morpholine rings is 1. The van der Waals surface area contributed by atoms with Gasteiger partial charge in [0, 0.05) is 25.7 Å². The third-order valence-electron chi connectivity index (χ3n) is 5.35. The van der Waals surface area contributed by atoms with E-state index in [4.69, 9.17) is 4.74 Å². The maximum Gasteiger partial charge on any atom is 0.279 e. The second-order valence-corrected chi connectivity index (χ2v) is 10.8. The second kappa shape index (κ2) is 8.31. The van der Waals surface area contributed by atoms with Gasteiger partial charge in [-0.25, -0.2) is 8.42 Å². The molecule has 1 aromatic heterocycles. The Balaban J connectivity index is 1.61. The maximum absolute atomic E-state index is 13.0. The number of carbonyl (C=O) groups excluding carboxylic acids is 1. The zero-order valence-electron chi connectivity index (χ0n) is 17.9. The normalized spacial score (nSPS) is 21.0. The lowest BCUT2D eigenvalue weighted by Gasteiger charge is -2.34. The number of carbonyl (C=O) groups is 1. The Hall–Kier alpha value is -2.33. The molecule has 0 bridgehead atoms. The number of para-hydroxylation sites is 1. The molecule has 0 N–H and O–H groups in total. The topological polar surface area (TPSA) is 81.0 Å². The highest BCUT2D eigenvalue weighted by Gasteiger charge is 2.32. The molecule has 0 unspecified atom stereocenters. The van der Waals surface area contributed by atoms with Crippen LogP contribution in [0.1, 0.15) is 29.8 Å². The molecule has 1 aliphatic rings. The smallest absolute Gasteiger partial charge is 0.279 e. The SMILES string of the molecule is Cc1cccc2sc(=NC(=O)c3ccc(S(=O)(=O)N4C[C@@H](C)O[C@@H](C)C4)cc3)n(C)c12. The van der Waals surface area contributed by atoms with Crippen molar-refractivity contribution in [2.24, 2.45) is 12.0 Å². The van der Waals surface area contributed by atoms with E-state index in [2.05, 4.69) is 4.99 Å². The molecule has 1 fully saturated rings. The van der Waals surface area contributed by atoms with E-state index in [0.29, 0.717) is 23.5 Å². The van der Waals surface area contributed by atoms with Crippen LogP contribution in [0.3, 0.4) is 0 Å². The van der Waals surface area contributed by atoms with Gasteiger partial charge >= 0.3 is 0 Å². The number of benzene rings is 2. The van der Waals surface area contributed by atoms with E-state index in [1.807, 2.05) is 50.6 Å². The van der Waals surface area contributed by atoms with Crippen LogP contribution in [0.5, 0.6) is 0 Å². The number of amides is 1. The Labute approximate surface area is 185 Å². The summed E-state index contributed by atoms with van der Waals surface area (Å²) in [5, 5.41) is 0. The standard InChI is InChI=1S/C22H25N3O4S2/c1-14-6-5-7-19-20(14)24(4)22(30-19)23-21(26)17-8-10-18(11-9-17)31(27,28)25-12-15(2)29-16(3)13-25/h5-11,15-16H,12-13H2,1-4H3/t15-,16+. The molecular weight excluding hydrogens is 434 g/mol. The van der Waals surface area contributed by atoms with Gasteiger partial charge in [0.05, 0.1) is 27.3 Å². The lowest BCUT2D eigenvalue weighted by Crippen LogP contribution is -2.48. The summed E-state index contributed by atoms with van der Waals surface area (Å²) in [4.78, 5) is 17.8. The predicted octanol–water partition coefficient (Wildman–Crippen LogP) is 3.09. The lowest BCUT2D eigenvalue weighted by molar-refractivity contribution is -0.0440. The van der Waals surface area contributed by atoms with Crippen LogP contribution in [-0.2, 0) is 21.8 Å². The number of aryl methyl sites for hydroxylation is 2. The van der Waals surface area contributed by atoms with E-state index >= 15 is 0 Å². The highest BCUT2D eigenvalue weighted by molar-refractivity contribution is 7.89. The first-order chi connectivity index (χ1) is 14.7. The van der Waals surface area contributed by atoms with Crippen molar-refractivity contribution < 1.29 is 17.9 Å². The Morgan fingerprint density at radius 3 is 2.35 bits per heavy atom. The third-order valence-corrected chi connectivity index (χ3v) is 8.29. The van der Waals surface area contributed by atoms with Crippen molar-refractivity contribution in [3.05, 3.63) is 58.4 Å². The Kier molecular flexibility index (Phi) is 5.87. The quantitative estimate of drug-likeness (QED) is 0.603. The predicted molar refractivity (Wildman–Crippen MR) is 121 cm³/mol. The van der Waals surface area contributed by atoms with Crippen molar-refractivity contribution >= 4 is 37.5 Å². The van der Waals surface area contributed by atoms with Gasteiger partial charge in [-0.1, -0.05) is 23.5 Å². The number of aromatic nitrogens is 1. The summed E-state index contributed by atoms with van der Waals surface area (Å²) in [6, 6.07) is 12.0. The van der Waals surface area contributed by atoms with Crippen LogP contribution < -0.4 is 4.80 Å². The fourth-order valence-corrected chi connectivity index (χ4v) is 6.59. The molecular formula is C22H25N3O4S2. The average molecular weight is 460 g/mol. The second-order valence-electron chi connectivity index (χ2n) is 7.89. The largest absolute Gasteiger partial charge is 0.373 e. The van der Waals surface area contributed by atoms with Gasteiger partial charge in [0.2, 0.25) is 10.0 Å². The minimum Gasteiger partial charge on any atom is -0.373 e. The fourth-order valence-electron chi connectivity index (χ4n) is 3.90. The Morgan fingerprint density at radius 2 is 1.74 bits per heavy atom. The van der Waals surface area contributed by atoms with Crippen molar-refractivity contribution in [2.45, 2.75) is 37.9 Å². The maximum atomic E-state index is 13.0. The molecule has 3 aromatic rings. The van der Waals surface area contributed by atoms with E-state index in [1.54, 1.807) is 0 Å². The van der Waals surface area contributed by atoms with Crippen molar-refractivity contribution in [1.82, 2.24) is 8.87 Å². The van der Waals surface area contributed by atoms with Crippen molar-refractivity contribution in [3.8, 4) is 0 Å². The summed E-state index contributed by atoms with van der Waals surface area (Å²) in [5.74, 6) is -0.405. The molecule has 1 saturated heterocycles. The van der Waals surface area contributed by atoms with E-state index in [-0.39, 0.29) is 17.1 Å². The number of fused-ring (bicyclic) bond motifs is 1. The highest BCUT2D eigenvalue weighted by atomic mass is 32.2. The number of rotatable bonds is 3. The molecule has 0 radical (unpaired) electrons. The fraction of sp³-hybridized carbons (Fsp3) is 0.364. The number of hydrogen-bond donors (Lipinski definition) is 0. The van der Waals surface area contributed by atoms with Gasteiger partial charge in [0.1, 0.15) is 0 Å². The Morgan fingerprint density at radius 1 is 1.10 bits per heavy atom. The van der Waals surface area contributed by atoms with Crippen molar-refractivity contribution in [3.63, 3.8) is 0 Å². The summed E-state index contributed by atoms with van der Waals surface area (Å²) < 4.78 is 36.0. The molecule has 2 atom stereocenters. The van der Waals surface area contributed by atoms with Crippen LogP contribution in [0.25, 0.3) is 10.2 Å². The molecule has 2 heterocycles. The van der Waals surface area contributed by atoms with Gasteiger partial charge in [0.25, 0.3) is 5.91 Å². The van der Waals surface area contributed by atoms with Crippen LogP contribution in [0.15, 0.2) is 52.4 Å². The molecule has 2 aromatic carbocycles. The van der Waals surface area contributed by atoms with Gasteiger partial charge in [-0.3, -0.25) is 4.79 Å². The minimum atomic E-state index is -3.65. The molecule has 9 heteroatoms. The van der Waals surface area contributed by atoms with Crippen molar-refractivity contribution in [2.75, 3.05) is 13.1 Å². The van der Waals surface area contributed by atoms with E-state index in [1.165, 1.54) is 39.9 Å².